The third-order valence-corrected chi connectivity index (χ3v) is 3.39. The van der Waals surface area contributed by atoms with E-state index in [4.69, 9.17) is 10.5 Å². The summed E-state index contributed by atoms with van der Waals surface area (Å²) in [6, 6.07) is 14.4. The predicted octanol–water partition coefficient (Wildman–Crippen LogP) is 3.33. The third kappa shape index (κ3) is 3.99. The van der Waals surface area contributed by atoms with Crippen molar-refractivity contribution in [3.63, 3.8) is 0 Å². The molecule has 0 aliphatic carbocycles. The van der Waals surface area contributed by atoms with Crippen LogP contribution in [0.2, 0.25) is 0 Å². The molecule has 0 heterocycles. The van der Waals surface area contributed by atoms with Crippen LogP contribution < -0.4 is 5.73 Å². The van der Waals surface area contributed by atoms with Crippen molar-refractivity contribution in [1.29, 1.82) is 0 Å². The van der Waals surface area contributed by atoms with Crippen LogP contribution >= 0.6 is 0 Å². The molecule has 0 unspecified atom stereocenters. The standard InChI is InChI=1S/C17H19NO3/c1-12(13-5-3-2-4-6-13)9-10-21-17(20)15-11-14(18)7-8-16(15)19/h2-8,11-12,19H,9-10,18H2,1H3/t12-/m0/s1. The van der Waals surface area contributed by atoms with E-state index in [1.54, 1.807) is 0 Å². The molecule has 4 heteroatoms. The molecule has 2 rings (SSSR count). The maximum atomic E-state index is 11.9. The van der Waals surface area contributed by atoms with E-state index in [-0.39, 0.29) is 11.3 Å². The number of phenolic OH excluding ortho intramolecular Hbond substituents is 1. The van der Waals surface area contributed by atoms with Crippen LogP contribution in [0.15, 0.2) is 48.5 Å². The first-order chi connectivity index (χ1) is 10.1. The van der Waals surface area contributed by atoms with E-state index < -0.39 is 5.97 Å². The molecular weight excluding hydrogens is 266 g/mol. The van der Waals surface area contributed by atoms with E-state index >= 15 is 0 Å². The van der Waals surface area contributed by atoms with Crippen molar-refractivity contribution in [3.8, 4) is 5.75 Å². The zero-order chi connectivity index (χ0) is 15.2. The molecule has 0 amide bonds. The molecule has 2 aromatic rings. The summed E-state index contributed by atoms with van der Waals surface area (Å²) in [6.07, 6.45) is 0.721. The number of benzene rings is 2. The second-order valence-corrected chi connectivity index (χ2v) is 5.01. The number of phenols is 1. The van der Waals surface area contributed by atoms with Crippen molar-refractivity contribution in [3.05, 3.63) is 59.7 Å². The van der Waals surface area contributed by atoms with Crippen molar-refractivity contribution in [2.24, 2.45) is 0 Å². The first-order valence-corrected chi connectivity index (χ1v) is 6.88. The van der Waals surface area contributed by atoms with Crippen LogP contribution in [-0.4, -0.2) is 17.7 Å². The van der Waals surface area contributed by atoms with Gasteiger partial charge in [-0.15, -0.1) is 0 Å². The van der Waals surface area contributed by atoms with Crippen molar-refractivity contribution in [2.45, 2.75) is 19.3 Å². The lowest BCUT2D eigenvalue weighted by Gasteiger charge is -2.12. The number of hydrogen-bond donors (Lipinski definition) is 2. The highest BCUT2D eigenvalue weighted by Crippen LogP contribution is 2.22. The monoisotopic (exact) mass is 285 g/mol. The lowest BCUT2D eigenvalue weighted by atomic mass is 9.98. The maximum absolute atomic E-state index is 11.9. The topological polar surface area (TPSA) is 72.5 Å². The average molecular weight is 285 g/mol. The Bertz CT molecular complexity index is 611. The van der Waals surface area contributed by atoms with Gasteiger partial charge in [-0.2, -0.15) is 0 Å². The molecule has 0 fully saturated rings. The zero-order valence-electron chi connectivity index (χ0n) is 12.0. The molecule has 21 heavy (non-hydrogen) atoms. The molecule has 0 saturated carbocycles. The van der Waals surface area contributed by atoms with Crippen molar-refractivity contribution >= 4 is 11.7 Å². The maximum Gasteiger partial charge on any atom is 0.341 e. The minimum absolute atomic E-state index is 0.0994. The number of carbonyl (C=O) groups excluding carboxylic acids is 1. The number of hydrogen-bond acceptors (Lipinski definition) is 4. The van der Waals surface area contributed by atoms with Crippen molar-refractivity contribution in [2.75, 3.05) is 12.3 Å². The van der Waals surface area contributed by atoms with Gasteiger partial charge in [-0.1, -0.05) is 37.3 Å². The van der Waals surface area contributed by atoms with Gasteiger partial charge in [0.1, 0.15) is 11.3 Å². The van der Waals surface area contributed by atoms with E-state index in [1.807, 2.05) is 18.2 Å². The van der Waals surface area contributed by atoms with Crippen LogP contribution in [0.1, 0.15) is 35.2 Å². The van der Waals surface area contributed by atoms with Gasteiger partial charge in [-0.3, -0.25) is 0 Å². The molecule has 0 aliphatic heterocycles. The Balaban J connectivity index is 1.88. The fraction of sp³-hybridized carbons (Fsp3) is 0.235. The molecule has 0 aliphatic rings. The highest BCUT2D eigenvalue weighted by Gasteiger charge is 2.14. The van der Waals surface area contributed by atoms with Gasteiger partial charge in [0.25, 0.3) is 0 Å². The average Bonchev–Trinajstić information content (AvgIpc) is 2.50. The number of anilines is 1. The lowest BCUT2D eigenvalue weighted by molar-refractivity contribution is 0.0491. The summed E-state index contributed by atoms with van der Waals surface area (Å²) < 4.78 is 5.20. The second kappa shape index (κ2) is 6.79. The fourth-order valence-electron chi connectivity index (χ4n) is 2.07. The van der Waals surface area contributed by atoms with Crippen LogP contribution in [0.5, 0.6) is 5.75 Å². The van der Waals surface area contributed by atoms with Gasteiger partial charge in [0, 0.05) is 5.69 Å². The predicted molar refractivity (Wildman–Crippen MR) is 82.3 cm³/mol. The number of nitrogen functional groups attached to an aromatic ring is 1. The van der Waals surface area contributed by atoms with Crippen molar-refractivity contribution < 1.29 is 14.6 Å². The van der Waals surface area contributed by atoms with Crippen LogP contribution in [0.25, 0.3) is 0 Å². The normalized spacial score (nSPS) is 11.9. The van der Waals surface area contributed by atoms with Gasteiger partial charge < -0.3 is 15.6 Å². The van der Waals surface area contributed by atoms with Gasteiger partial charge in [0.05, 0.1) is 6.61 Å². The highest BCUT2D eigenvalue weighted by atomic mass is 16.5. The fourth-order valence-corrected chi connectivity index (χ4v) is 2.07. The largest absolute Gasteiger partial charge is 0.507 e. The summed E-state index contributed by atoms with van der Waals surface area (Å²) >= 11 is 0. The molecule has 2 aromatic carbocycles. The van der Waals surface area contributed by atoms with Gasteiger partial charge in [0.2, 0.25) is 0 Å². The molecule has 0 saturated heterocycles. The molecule has 1 atom stereocenters. The summed E-state index contributed by atoms with van der Waals surface area (Å²) in [4.78, 5) is 11.9. The van der Waals surface area contributed by atoms with E-state index in [1.165, 1.54) is 23.8 Å². The zero-order valence-corrected chi connectivity index (χ0v) is 12.0. The first-order valence-electron chi connectivity index (χ1n) is 6.88. The number of aromatic hydroxyl groups is 1. The third-order valence-electron chi connectivity index (χ3n) is 3.39. The summed E-state index contributed by atoms with van der Waals surface area (Å²) in [5, 5.41) is 9.64. The quantitative estimate of drug-likeness (QED) is 0.502. The van der Waals surface area contributed by atoms with Crippen LogP contribution in [0.4, 0.5) is 5.69 Å². The Labute approximate surface area is 124 Å². The van der Waals surface area contributed by atoms with E-state index in [9.17, 15) is 9.90 Å². The molecule has 4 nitrogen and oxygen atoms in total. The first kappa shape index (κ1) is 14.9. The number of carbonyl (C=O) groups is 1. The van der Waals surface area contributed by atoms with Crippen molar-refractivity contribution in [1.82, 2.24) is 0 Å². The Kier molecular flexibility index (Phi) is 4.82. The molecule has 0 radical (unpaired) electrons. The number of nitrogens with two attached hydrogens (primary N) is 1. The van der Waals surface area contributed by atoms with E-state index in [0.717, 1.165) is 6.42 Å². The lowest BCUT2D eigenvalue weighted by Crippen LogP contribution is -2.09. The molecule has 0 spiro atoms. The highest BCUT2D eigenvalue weighted by molar-refractivity contribution is 5.93. The molecule has 0 bridgehead atoms. The second-order valence-electron chi connectivity index (χ2n) is 5.01. The number of ether oxygens (including phenoxy) is 1. The summed E-state index contributed by atoms with van der Waals surface area (Å²) in [7, 11) is 0. The summed E-state index contributed by atoms with van der Waals surface area (Å²) in [6.45, 7) is 2.38. The SMILES string of the molecule is C[C@@H](CCOC(=O)c1cc(N)ccc1O)c1ccccc1. The molecule has 110 valence electrons. The van der Waals surface area contributed by atoms with Crippen LogP contribution in [0.3, 0.4) is 0 Å². The summed E-state index contributed by atoms with van der Waals surface area (Å²) in [5.74, 6) is -0.376. The Morgan fingerprint density at radius 1 is 1.24 bits per heavy atom. The Morgan fingerprint density at radius 2 is 1.95 bits per heavy atom. The van der Waals surface area contributed by atoms with Crippen LogP contribution in [-0.2, 0) is 4.74 Å². The summed E-state index contributed by atoms with van der Waals surface area (Å²) in [5.41, 5.74) is 7.32. The van der Waals surface area contributed by atoms with Gasteiger partial charge in [-0.05, 0) is 36.1 Å². The minimum atomic E-state index is -0.555. The molecular formula is C17H19NO3. The Hall–Kier alpha value is -2.49. The molecule has 3 N–H and O–H groups in total. The van der Waals surface area contributed by atoms with E-state index in [0.29, 0.717) is 18.2 Å². The Morgan fingerprint density at radius 3 is 2.67 bits per heavy atom. The van der Waals surface area contributed by atoms with Gasteiger partial charge in [-0.25, -0.2) is 4.79 Å². The van der Waals surface area contributed by atoms with Gasteiger partial charge in [0.15, 0.2) is 0 Å². The minimum Gasteiger partial charge on any atom is -0.507 e. The van der Waals surface area contributed by atoms with Gasteiger partial charge >= 0.3 is 5.97 Å². The number of esters is 1. The smallest absolute Gasteiger partial charge is 0.341 e. The van der Waals surface area contributed by atoms with Crippen LogP contribution in [0, 0.1) is 0 Å². The number of rotatable bonds is 5. The molecule has 0 aromatic heterocycles. The van der Waals surface area contributed by atoms with E-state index in [2.05, 4.69) is 19.1 Å².